The number of nitrogens with zero attached hydrogens (tertiary/aromatic N) is 1. The number of nitrogens with one attached hydrogen (secondary N) is 1. The van der Waals surface area contributed by atoms with E-state index in [1.54, 1.807) is 0 Å². The molecule has 19 heavy (non-hydrogen) atoms. The van der Waals surface area contributed by atoms with Crippen molar-refractivity contribution in [2.24, 2.45) is 0 Å². The third kappa shape index (κ3) is 3.27. The zero-order valence-electron chi connectivity index (χ0n) is 10.2. The van der Waals surface area contributed by atoms with Crippen molar-refractivity contribution in [3.8, 4) is 0 Å². The highest BCUT2D eigenvalue weighted by Crippen LogP contribution is 2.11. The molecule has 2 rings (SSSR count). The van der Waals surface area contributed by atoms with E-state index in [0.29, 0.717) is 11.3 Å². The molecule has 6 nitrogen and oxygen atoms in total. The van der Waals surface area contributed by atoms with Gasteiger partial charge in [-0.25, -0.2) is 18.1 Å². The van der Waals surface area contributed by atoms with Crippen LogP contribution in [0.3, 0.4) is 0 Å². The van der Waals surface area contributed by atoms with Gasteiger partial charge in [0.1, 0.15) is 6.26 Å². The Bertz CT molecular complexity index is 660. The lowest BCUT2D eigenvalue weighted by atomic mass is 10.2. The topological polar surface area (TPSA) is 89.3 Å². The highest BCUT2D eigenvalue weighted by Gasteiger charge is 2.14. The number of rotatable bonds is 5. The molecule has 0 amide bonds. The zero-order valence-corrected chi connectivity index (χ0v) is 11.0. The summed E-state index contributed by atoms with van der Waals surface area (Å²) in [4.78, 5) is 15.0. The molecule has 0 aliphatic rings. The van der Waals surface area contributed by atoms with E-state index in [0.717, 1.165) is 0 Å². The second-order valence-electron chi connectivity index (χ2n) is 3.88. The van der Waals surface area contributed by atoms with E-state index < -0.39 is 10.0 Å². The van der Waals surface area contributed by atoms with Gasteiger partial charge < -0.3 is 4.42 Å². The first-order valence-electron chi connectivity index (χ1n) is 5.47. The van der Waals surface area contributed by atoms with Crippen LogP contribution in [0.4, 0.5) is 0 Å². The number of carbonyl (C=O) groups is 1. The number of Topliss-reactive ketones (excluding diaryl/α,β-unsaturated/α-hetero) is 1. The van der Waals surface area contributed by atoms with E-state index in [1.165, 1.54) is 43.8 Å². The maximum atomic E-state index is 12.0. The fourth-order valence-corrected chi connectivity index (χ4v) is 2.44. The molecule has 0 saturated carbocycles. The van der Waals surface area contributed by atoms with Crippen LogP contribution in [0.2, 0.25) is 0 Å². The molecule has 1 heterocycles. The van der Waals surface area contributed by atoms with E-state index in [-0.39, 0.29) is 17.2 Å². The second kappa shape index (κ2) is 5.33. The van der Waals surface area contributed by atoms with Crippen LogP contribution < -0.4 is 4.72 Å². The van der Waals surface area contributed by atoms with Crippen LogP contribution in [-0.4, -0.2) is 19.2 Å². The highest BCUT2D eigenvalue weighted by atomic mass is 32.2. The summed E-state index contributed by atoms with van der Waals surface area (Å²) in [6.07, 6.45) is 2.59. The second-order valence-corrected chi connectivity index (χ2v) is 5.65. The molecule has 0 fully saturated rings. The van der Waals surface area contributed by atoms with Gasteiger partial charge in [-0.3, -0.25) is 4.79 Å². The average molecular weight is 280 g/mol. The maximum Gasteiger partial charge on any atom is 0.240 e. The molecule has 1 aromatic carbocycles. The fourth-order valence-electron chi connectivity index (χ4n) is 1.45. The first-order valence-corrected chi connectivity index (χ1v) is 6.95. The van der Waals surface area contributed by atoms with E-state index in [4.69, 9.17) is 4.42 Å². The zero-order chi connectivity index (χ0) is 13.9. The lowest BCUT2D eigenvalue weighted by Gasteiger charge is -2.05. The first-order chi connectivity index (χ1) is 8.99. The number of carbonyl (C=O) groups excluding carboxylic acids is 1. The van der Waals surface area contributed by atoms with Crippen molar-refractivity contribution in [3.63, 3.8) is 0 Å². The Labute approximate surface area is 110 Å². The summed E-state index contributed by atoms with van der Waals surface area (Å²) in [6.45, 7) is 1.47. The predicted molar refractivity (Wildman–Crippen MR) is 67.0 cm³/mol. The van der Waals surface area contributed by atoms with E-state index in [9.17, 15) is 13.2 Å². The van der Waals surface area contributed by atoms with Crippen molar-refractivity contribution in [2.75, 3.05) is 0 Å². The molecule has 1 N–H and O–H groups in total. The van der Waals surface area contributed by atoms with Gasteiger partial charge in [-0.2, -0.15) is 0 Å². The van der Waals surface area contributed by atoms with E-state index >= 15 is 0 Å². The van der Waals surface area contributed by atoms with Gasteiger partial charge >= 0.3 is 0 Å². The molecular weight excluding hydrogens is 268 g/mol. The minimum Gasteiger partial charge on any atom is -0.451 e. The highest BCUT2D eigenvalue weighted by molar-refractivity contribution is 7.89. The van der Waals surface area contributed by atoms with Gasteiger partial charge in [0.05, 0.1) is 17.1 Å². The Balaban J connectivity index is 2.13. The SMILES string of the molecule is CC(=O)c1ccc(S(=O)(=O)NCc2cocn2)cc1. The molecule has 0 aliphatic carbocycles. The molecule has 2 aromatic rings. The number of oxazole rings is 1. The molecule has 0 bridgehead atoms. The van der Waals surface area contributed by atoms with E-state index in [2.05, 4.69) is 9.71 Å². The van der Waals surface area contributed by atoms with Crippen LogP contribution in [-0.2, 0) is 16.6 Å². The number of hydrogen-bond donors (Lipinski definition) is 1. The Morgan fingerprint density at radius 3 is 2.53 bits per heavy atom. The third-order valence-corrected chi connectivity index (χ3v) is 3.92. The number of benzene rings is 1. The Morgan fingerprint density at radius 2 is 2.00 bits per heavy atom. The summed E-state index contributed by atoms with van der Waals surface area (Å²) in [7, 11) is -3.62. The van der Waals surface area contributed by atoms with Gasteiger partial charge in [0.2, 0.25) is 10.0 Å². The Morgan fingerprint density at radius 1 is 1.32 bits per heavy atom. The molecule has 0 atom stereocenters. The van der Waals surface area contributed by atoms with Gasteiger partial charge in [0.15, 0.2) is 12.2 Å². The first kappa shape index (κ1) is 13.4. The summed E-state index contributed by atoms with van der Waals surface area (Å²) in [6, 6.07) is 5.74. The minimum atomic E-state index is -3.62. The average Bonchev–Trinajstić information content (AvgIpc) is 2.90. The van der Waals surface area contributed by atoms with Crippen molar-refractivity contribution in [2.45, 2.75) is 18.4 Å². The lowest BCUT2D eigenvalue weighted by Crippen LogP contribution is -2.23. The lowest BCUT2D eigenvalue weighted by molar-refractivity contribution is 0.101. The number of hydrogen-bond acceptors (Lipinski definition) is 5. The Hall–Kier alpha value is -1.99. The van der Waals surface area contributed by atoms with E-state index in [1.807, 2.05) is 0 Å². The minimum absolute atomic E-state index is 0.0489. The van der Waals surface area contributed by atoms with Crippen LogP contribution in [0, 0.1) is 0 Å². The smallest absolute Gasteiger partial charge is 0.240 e. The number of ketones is 1. The maximum absolute atomic E-state index is 12.0. The van der Waals surface area contributed by atoms with Crippen LogP contribution in [0.15, 0.2) is 46.2 Å². The standard InChI is InChI=1S/C12H12N2O4S/c1-9(15)10-2-4-12(5-3-10)19(16,17)14-6-11-7-18-8-13-11/h2-5,7-8,14H,6H2,1H3. The van der Waals surface area contributed by atoms with Crippen LogP contribution in [0.1, 0.15) is 23.0 Å². The van der Waals surface area contributed by atoms with Crippen molar-refractivity contribution in [1.82, 2.24) is 9.71 Å². The van der Waals surface area contributed by atoms with Gasteiger partial charge in [-0.1, -0.05) is 12.1 Å². The molecule has 0 aliphatic heterocycles. The quantitative estimate of drug-likeness (QED) is 0.835. The summed E-state index contributed by atoms with van der Waals surface area (Å²) >= 11 is 0. The van der Waals surface area contributed by atoms with Crippen molar-refractivity contribution in [3.05, 3.63) is 48.2 Å². The summed E-state index contributed by atoms with van der Waals surface area (Å²) in [5, 5.41) is 0. The molecule has 1 aromatic heterocycles. The normalized spacial score (nSPS) is 11.4. The molecule has 100 valence electrons. The van der Waals surface area contributed by atoms with Gasteiger partial charge in [-0.05, 0) is 19.1 Å². The number of aromatic nitrogens is 1. The summed E-state index contributed by atoms with van der Waals surface area (Å²) in [5.74, 6) is -0.112. The monoisotopic (exact) mass is 280 g/mol. The fraction of sp³-hybridized carbons (Fsp3) is 0.167. The third-order valence-electron chi connectivity index (χ3n) is 2.50. The van der Waals surface area contributed by atoms with Gasteiger partial charge in [-0.15, -0.1) is 0 Å². The molecule has 0 saturated heterocycles. The van der Waals surface area contributed by atoms with Crippen LogP contribution in [0.5, 0.6) is 0 Å². The summed E-state index contributed by atoms with van der Waals surface area (Å²) < 4.78 is 31.0. The van der Waals surface area contributed by atoms with Crippen molar-refractivity contribution < 1.29 is 17.6 Å². The molecule has 0 radical (unpaired) electrons. The summed E-state index contributed by atoms with van der Waals surface area (Å²) in [5.41, 5.74) is 0.958. The largest absolute Gasteiger partial charge is 0.451 e. The van der Waals surface area contributed by atoms with Crippen molar-refractivity contribution >= 4 is 15.8 Å². The molecule has 0 spiro atoms. The molecular formula is C12H12N2O4S. The van der Waals surface area contributed by atoms with Crippen LogP contribution in [0.25, 0.3) is 0 Å². The van der Waals surface area contributed by atoms with Gasteiger partial charge in [0, 0.05) is 5.56 Å². The van der Waals surface area contributed by atoms with Crippen molar-refractivity contribution in [1.29, 1.82) is 0 Å². The number of sulfonamides is 1. The Kier molecular flexibility index (Phi) is 3.77. The molecule has 0 unspecified atom stereocenters. The van der Waals surface area contributed by atoms with Gasteiger partial charge in [0.25, 0.3) is 0 Å². The molecule has 7 heteroatoms. The predicted octanol–water partition coefficient (Wildman–Crippen LogP) is 1.36. The van der Waals surface area contributed by atoms with Crippen LogP contribution >= 0.6 is 0 Å².